The molecule has 0 radical (unpaired) electrons. The van der Waals surface area contributed by atoms with Crippen LogP contribution in [0.5, 0.6) is 0 Å². The Balaban J connectivity index is 2.31. The molecule has 5 heteroatoms. The molecule has 1 aliphatic heterocycles. The third kappa shape index (κ3) is 4.08. The molecule has 0 aromatic carbocycles. The Bertz CT molecular complexity index is 252. The van der Waals surface area contributed by atoms with Crippen molar-refractivity contribution in [3.8, 4) is 0 Å². The molecule has 16 heavy (non-hydrogen) atoms. The average molecular weight is 227 g/mol. The highest BCUT2D eigenvalue weighted by Crippen LogP contribution is 2.10. The van der Waals surface area contributed by atoms with Crippen molar-refractivity contribution in [2.45, 2.75) is 20.8 Å². The van der Waals surface area contributed by atoms with Gasteiger partial charge in [-0.15, -0.1) is 0 Å². The average Bonchev–Trinajstić information content (AvgIpc) is 2.25. The van der Waals surface area contributed by atoms with Gasteiger partial charge >= 0.3 is 6.03 Å². The number of carbonyl (C=O) groups excluding carboxylic acids is 2. The Kier molecular flexibility index (Phi) is 4.15. The first-order valence-electron chi connectivity index (χ1n) is 5.64. The standard InChI is InChI=1S/C11H21N3O2/c1-11(2,3)8-12-10(16)14-6-4-13(9-15)5-7-14/h9H,4-8H2,1-3H3,(H,12,16). The molecule has 1 N–H and O–H groups in total. The molecule has 0 bridgehead atoms. The van der Waals surface area contributed by atoms with Crippen LogP contribution in [0.2, 0.25) is 0 Å². The molecule has 1 saturated heterocycles. The van der Waals surface area contributed by atoms with Crippen molar-refractivity contribution in [3.05, 3.63) is 0 Å². The smallest absolute Gasteiger partial charge is 0.317 e. The molecule has 1 heterocycles. The van der Waals surface area contributed by atoms with E-state index in [-0.39, 0.29) is 11.4 Å². The molecule has 0 atom stereocenters. The zero-order chi connectivity index (χ0) is 12.2. The van der Waals surface area contributed by atoms with Crippen LogP contribution in [0, 0.1) is 5.41 Å². The van der Waals surface area contributed by atoms with Gasteiger partial charge < -0.3 is 15.1 Å². The van der Waals surface area contributed by atoms with Crippen LogP contribution in [0.4, 0.5) is 4.79 Å². The zero-order valence-electron chi connectivity index (χ0n) is 10.3. The van der Waals surface area contributed by atoms with Crippen LogP contribution >= 0.6 is 0 Å². The molecule has 0 aromatic rings. The normalized spacial score (nSPS) is 17.2. The number of hydrogen-bond acceptors (Lipinski definition) is 2. The van der Waals surface area contributed by atoms with Gasteiger partial charge in [0, 0.05) is 32.7 Å². The first-order chi connectivity index (χ1) is 7.42. The fourth-order valence-corrected chi connectivity index (χ4v) is 1.48. The van der Waals surface area contributed by atoms with Crippen molar-refractivity contribution in [2.24, 2.45) is 5.41 Å². The molecule has 0 spiro atoms. The predicted octanol–water partition coefficient (Wildman–Crippen LogP) is 0.516. The molecule has 0 unspecified atom stereocenters. The lowest BCUT2D eigenvalue weighted by molar-refractivity contribution is -0.119. The summed E-state index contributed by atoms with van der Waals surface area (Å²) in [7, 11) is 0. The maximum Gasteiger partial charge on any atom is 0.317 e. The second kappa shape index (κ2) is 5.18. The quantitative estimate of drug-likeness (QED) is 0.699. The van der Waals surface area contributed by atoms with E-state index >= 15 is 0 Å². The molecule has 1 fully saturated rings. The predicted molar refractivity (Wildman–Crippen MR) is 62.1 cm³/mol. The highest BCUT2D eigenvalue weighted by atomic mass is 16.2. The third-order valence-corrected chi connectivity index (χ3v) is 2.52. The van der Waals surface area contributed by atoms with Gasteiger partial charge in [0.2, 0.25) is 6.41 Å². The van der Waals surface area contributed by atoms with Gasteiger partial charge in [0.1, 0.15) is 0 Å². The number of nitrogens with one attached hydrogen (secondary N) is 1. The van der Waals surface area contributed by atoms with Crippen LogP contribution < -0.4 is 5.32 Å². The Morgan fingerprint density at radius 2 is 1.81 bits per heavy atom. The van der Waals surface area contributed by atoms with Gasteiger partial charge in [0.05, 0.1) is 0 Å². The van der Waals surface area contributed by atoms with Gasteiger partial charge in [0.25, 0.3) is 0 Å². The topological polar surface area (TPSA) is 52.7 Å². The van der Waals surface area contributed by atoms with Gasteiger partial charge in [-0.3, -0.25) is 4.79 Å². The Morgan fingerprint density at radius 1 is 1.25 bits per heavy atom. The summed E-state index contributed by atoms with van der Waals surface area (Å²) in [6.07, 6.45) is 0.838. The van der Waals surface area contributed by atoms with Gasteiger partial charge in [-0.1, -0.05) is 20.8 Å². The van der Waals surface area contributed by atoms with Crippen molar-refractivity contribution < 1.29 is 9.59 Å². The minimum absolute atomic E-state index is 0.0273. The van der Waals surface area contributed by atoms with Gasteiger partial charge in [-0.25, -0.2) is 4.79 Å². The maximum atomic E-state index is 11.7. The lowest BCUT2D eigenvalue weighted by atomic mass is 9.97. The van der Waals surface area contributed by atoms with E-state index in [1.807, 2.05) is 0 Å². The van der Waals surface area contributed by atoms with E-state index in [4.69, 9.17) is 0 Å². The van der Waals surface area contributed by atoms with Crippen LogP contribution in [-0.2, 0) is 4.79 Å². The van der Waals surface area contributed by atoms with Crippen molar-refractivity contribution >= 4 is 12.4 Å². The summed E-state index contributed by atoms with van der Waals surface area (Å²) in [5.74, 6) is 0. The number of piperazine rings is 1. The Morgan fingerprint density at radius 3 is 2.25 bits per heavy atom. The molecule has 0 aromatic heterocycles. The number of rotatable bonds is 2. The first kappa shape index (κ1) is 12.8. The number of nitrogens with zero attached hydrogens (tertiary/aromatic N) is 2. The Hall–Kier alpha value is -1.26. The second-order valence-corrected chi connectivity index (χ2v) is 5.35. The zero-order valence-corrected chi connectivity index (χ0v) is 10.3. The van der Waals surface area contributed by atoms with Crippen LogP contribution in [0.25, 0.3) is 0 Å². The van der Waals surface area contributed by atoms with Gasteiger partial charge in [0.15, 0.2) is 0 Å². The lowest BCUT2D eigenvalue weighted by Gasteiger charge is -2.33. The van der Waals surface area contributed by atoms with E-state index in [0.29, 0.717) is 32.7 Å². The van der Waals surface area contributed by atoms with Gasteiger partial charge in [-0.05, 0) is 5.41 Å². The third-order valence-electron chi connectivity index (χ3n) is 2.52. The van der Waals surface area contributed by atoms with Crippen LogP contribution in [0.1, 0.15) is 20.8 Å². The van der Waals surface area contributed by atoms with Crippen LogP contribution in [0.3, 0.4) is 0 Å². The lowest BCUT2D eigenvalue weighted by Crippen LogP contribution is -2.52. The fraction of sp³-hybridized carbons (Fsp3) is 0.818. The van der Waals surface area contributed by atoms with E-state index in [2.05, 4.69) is 26.1 Å². The van der Waals surface area contributed by atoms with Crippen LogP contribution in [-0.4, -0.2) is 55.0 Å². The van der Waals surface area contributed by atoms with Crippen molar-refractivity contribution in [1.82, 2.24) is 15.1 Å². The summed E-state index contributed by atoms with van der Waals surface area (Å²) in [6, 6.07) is -0.0273. The van der Waals surface area contributed by atoms with Crippen molar-refractivity contribution in [2.75, 3.05) is 32.7 Å². The minimum atomic E-state index is -0.0273. The van der Waals surface area contributed by atoms with Gasteiger partial charge in [-0.2, -0.15) is 0 Å². The van der Waals surface area contributed by atoms with Crippen molar-refractivity contribution in [3.63, 3.8) is 0 Å². The second-order valence-electron chi connectivity index (χ2n) is 5.35. The molecule has 0 aliphatic carbocycles. The van der Waals surface area contributed by atoms with E-state index in [9.17, 15) is 9.59 Å². The number of hydrogen-bond donors (Lipinski definition) is 1. The fourth-order valence-electron chi connectivity index (χ4n) is 1.48. The summed E-state index contributed by atoms with van der Waals surface area (Å²) < 4.78 is 0. The van der Waals surface area contributed by atoms with E-state index in [0.717, 1.165) is 6.41 Å². The highest BCUT2D eigenvalue weighted by Gasteiger charge is 2.21. The summed E-state index contributed by atoms with van der Waals surface area (Å²) in [5.41, 5.74) is 0.0975. The number of carbonyl (C=O) groups is 2. The monoisotopic (exact) mass is 227 g/mol. The molecule has 1 rings (SSSR count). The minimum Gasteiger partial charge on any atom is -0.342 e. The molecular formula is C11H21N3O2. The van der Waals surface area contributed by atoms with E-state index < -0.39 is 0 Å². The largest absolute Gasteiger partial charge is 0.342 e. The molecule has 1 aliphatic rings. The highest BCUT2D eigenvalue weighted by molar-refractivity contribution is 5.74. The molecule has 5 nitrogen and oxygen atoms in total. The molecule has 0 saturated carbocycles. The van der Waals surface area contributed by atoms with Crippen molar-refractivity contribution in [1.29, 1.82) is 0 Å². The number of urea groups is 1. The molecule has 3 amide bonds. The summed E-state index contributed by atoms with van der Waals surface area (Å²) in [4.78, 5) is 25.7. The summed E-state index contributed by atoms with van der Waals surface area (Å²) >= 11 is 0. The molecular weight excluding hydrogens is 206 g/mol. The summed E-state index contributed by atoms with van der Waals surface area (Å²) in [6.45, 7) is 9.41. The molecule has 92 valence electrons. The first-order valence-corrected chi connectivity index (χ1v) is 5.64. The summed E-state index contributed by atoms with van der Waals surface area (Å²) in [5, 5.41) is 2.91. The SMILES string of the molecule is CC(C)(C)CNC(=O)N1CCN(C=O)CC1. The van der Waals surface area contributed by atoms with E-state index in [1.165, 1.54) is 0 Å². The van der Waals surface area contributed by atoms with Crippen LogP contribution in [0.15, 0.2) is 0 Å². The number of amides is 3. The van der Waals surface area contributed by atoms with E-state index in [1.54, 1.807) is 9.80 Å². The Labute approximate surface area is 96.8 Å². The maximum absolute atomic E-state index is 11.7.